The smallest absolute Gasteiger partial charge is 0.324 e. The van der Waals surface area contributed by atoms with E-state index in [2.05, 4.69) is 25.5 Å². The summed E-state index contributed by atoms with van der Waals surface area (Å²) in [5.41, 5.74) is -1.08. The number of benzene rings is 2. The quantitative estimate of drug-likeness (QED) is 0.250. The van der Waals surface area contributed by atoms with Gasteiger partial charge in [-0.2, -0.15) is 0 Å². The number of ether oxygens (including phenoxy) is 2. The van der Waals surface area contributed by atoms with Crippen LogP contribution in [0.25, 0.3) is 26.4 Å². The van der Waals surface area contributed by atoms with Crippen LogP contribution < -0.4 is 15.4 Å². The van der Waals surface area contributed by atoms with E-state index < -0.39 is 76.2 Å². The van der Waals surface area contributed by atoms with Gasteiger partial charge in [0, 0.05) is 66.3 Å². The zero-order chi connectivity index (χ0) is 42.4. The molecule has 6 rings (SSSR count). The van der Waals surface area contributed by atoms with Gasteiger partial charge in [0.1, 0.15) is 18.1 Å². The van der Waals surface area contributed by atoms with Gasteiger partial charge in [0.25, 0.3) is 0 Å². The van der Waals surface area contributed by atoms with E-state index in [9.17, 15) is 4.79 Å². The first kappa shape index (κ1) is 13.2. The number of anilines is 2. The number of nitrogens with one attached hydrogen (secondary N) is 2. The minimum Gasteiger partial charge on any atom is -0.492 e. The van der Waals surface area contributed by atoms with Gasteiger partial charge in [0.05, 0.1) is 34.5 Å². The minimum atomic E-state index is -3.57. The summed E-state index contributed by atoms with van der Waals surface area (Å²) >= 11 is 1.32. The van der Waals surface area contributed by atoms with E-state index in [-0.39, 0.29) is 6.61 Å². The average molecular weight is 578 g/mol. The summed E-state index contributed by atoms with van der Waals surface area (Å²) in [5.74, 6) is -1.05. The van der Waals surface area contributed by atoms with Gasteiger partial charge in [-0.05, 0) is 30.3 Å². The Morgan fingerprint density at radius 2 is 1.98 bits per heavy atom. The normalized spacial score (nSPS) is 26.9. The molecule has 1 saturated heterocycles. The molecule has 0 spiro atoms. The number of fused-ring (bicyclic) bond motifs is 3. The lowest BCUT2D eigenvalue weighted by molar-refractivity contribution is 0.0322. The molecule has 10 nitrogen and oxygen atoms in total. The lowest BCUT2D eigenvalue weighted by atomic mass is 9.93. The number of amides is 2. The lowest BCUT2D eigenvalue weighted by Crippen LogP contribution is -2.38. The highest BCUT2D eigenvalue weighted by atomic mass is 32.1. The summed E-state index contributed by atoms with van der Waals surface area (Å²) in [5, 5.41) is 8.27. The third-order valence-corrected chi connectivity index (χ3v) is 6.69. The second-order valence-corrected chi connectivity index (χ2v) is 9.53. The first-order chi connectivity index (χ1) is 26.0. The zero-order valence-corrected chi connectivity index (χ0v) is 21.3. The number of hydrogen-bond acceptors (Lipinski definition) is 8. The van der Waals surface area contributed by atoms with Gasteiger partial charge in [-0.1, -0.05) is 49.2 Å². The molecule has 0 saturated carbocycles. The molecule has 2 amide bonds. The number of thiazole rings is 1. The first-order valence-corrected chi connectivity index (χ1v) is 12.5. The van der Waals surface area contributed by atoms with E-state index in [1.165, 1.54) is 11.3 Å². The van der Waals surface area contributed by atoms with Gasteiger partial charge in [-0.15, -0.1) is 0 Å². The van der Waals surface area contributed by atoms with Gasteiger partial charge in [0.15, 0.2) is 10.8 Å². The van der Waals surface area contributed by atoms with Crippen molar-refractivity contribution in [1.82, 2.24) is 19.4 Å². The number of urea groups is 1. The monoisotopic (exact) mass is 577 g/mol. The lowest BCUT2D eigenvalue weighted by Gasteiger charge is -2.26. The average Bonchev–Trinajstić information content (AvgIpc) is 3.75. The molecule has 1 aliphatic heterocycles. The van der Waals surface area contributed by atoms with Gasteiger partial charge in [-0.3, -0.25) is 14.6 Å². The van der Waals surface area contributed by atoms with Gasteiger partial charge < -0.3 is 19.3 Å². The van der Waals surface area contributed by atoms with E-state index in [4.69, 9.17) is 32.6 Å². The Balaban J connectivity index is 1.10. The molecule has 4 heterocycles. The number of aromatic nitrogens is 3. The Hall–Kier alpha value is -3.93. The molecule has 2 N–H and O–H groups in total. The predicted molar refractivity (Wildman–Crippen MR) is 157 cm³/mol. The largest absolute Gasteiger partial charge is 0.492 e. The van der Waals surface area contributed by atoms with E-state index >= 15 is 0 Å². The van der Waals surface area contributed by atoms with Crippen molar-refractivity contribution in [3.8, 4) is 17.0 Å². The van der Waals surface area contributed by atoms with Crippen LogP contribution in [-0.4, -0.2) is 64.7 Å². The number of rotatable bonds is 7. The molecule has 2 aromatic carbocycles. The SMILES string of the molecule is [2H]C([2H])([2H])C(c1cc(NC(=O)Nc2ccc(-c3cn4c(n3)sc3cc(OCCN5C([2H])([2H])C([2H])([2H])OC([2H])([2H])C5([2H])[2H])ccc34)cc2)no1)(C([2H])([2H])[2H])C([2H])([2H])[2H]. The zero-order valence-electron chi connectivity index (χ0n) is 37.4. The molecular weight excluding hydrogens is 528 g/mol. The summed E-state index contributed by atoms with van der Waals surface area (Å²) < 4.78 is 152. The van der Waals surface area contributed by atoms with Crippen LogP contribution in [-0.2, 0) is 10.2 Å². The van der Waals surface area contributed by atoms with Gasteiger partial charge in [0.2, 0.25) is 0 Å². The van der Waals surface area contributed by atoms with Crippen LogP contribution in [0.4, 0.5) is 16.3 Å². The van der Waals surface area contributed by atoms with Crippen molar-refractivity contribution >= 4 is 44.1 Å². The molecule has 0 radical (unpaired) electrons. The van der Waals surface area contributed by atoms with Crippen LogP contribution >= 0.6 is 11.3 Å². The maximum Gasteiger partial charge on any atom is 0.324 e. The summed E-state index contributed by atoms with van der Waals surface area (Å²) in [6.07, 6.45) is 1.79. The molecule has 0 aliphatic carbocycles. The maximum absolute atomic E-state index is 12.7. The Kier molecular flexibility index (Phi) is 3.59. The highest BCUT2D eigenvalue weighted by Crippen LogP contribution is 2.32. The van der Waals surface area contributed by atoms with Crippen molar-refractivity contribution in [3.63, 3.8) is 0 Å². The number of morpholine rings is 1. The molecule has 1 fully saturated rings. The van der Waals surface area contributed by atoms with Crippen molar-refractivity contribution < 1.29 is 42.1 Å². The summed E-state index contributed by atoms with van der Waals surface area (Å²) in [4.78, 5) is 18.4. The fourth-order valence-electron chi connectivity index (χ4n) is 3.80. The van der Waals surface area contributed by atoms with E-state index in [1.54, 1.807) is 48.7 Å². The Morgan fingerprint density at radius 1 is 1.15 bits per heavy atom. The van der Waals surface area contributed by atoms with E-state index in [1.807, 2.05) is 4.40 Å². The van der Waals surface area contributed by atoms with Gasteiger partial charge >= 0.3 is 6.03 Å². The first-order valence-electron chi connectivity index (χ1n) is 20.2. The number of imidazole rings is 1. The van der Waals surface area contributed by atoms with Crippen molar-refractivity contribution in [1.29, 1.82) is 0 Å². The summed E-state index contributed by atoms with van der Waals surface area (Å²) in [6, 6.07) is 11.4. The summed E-state index contributed by atoms with van der Waals surface area (Å²) in [7, 11) is 0. The van der Waals surface area contributed by atoms with Crippen LogP contribution in [0.15, 0.2) is 59.3 Å². The molecular formula is C29H32N6O4S. The fraction of sp³-hybridized carbons (Fsp3) is 0.345. The Morgan fingerprint density at radius 3 is 2.77 bits per heavy atom. The van der Waals surface area contributed by atoms with E-state index in [0.717, 1.165) is 16.3 Å². The van der Waals surface area contributed by atoms with Crippen LogP contribution in [0.5, 0.6) is 5.75 Å². The van der Waals surface area contributed by atoms with Crippen LogP contribution in [0.2, 0.25) is 0 Å². The van der Waals surface area contributed by atoms with Crippen molar-refractivity contribution in [2.45, 2.75) is 26.0 Å². The minimum absolute atomic E-state index is 0.302. The molecule has 11 heteroatoms. The van der Waals surface area contributed by atoms with Gasteiger partial charge in [-0.25, -0.2) is 9.78 Å². The third kappa shape index (κ3) is 5.81. The standard InChI is InChI=1S/C29H32N6O4S/c1-29(2,3)25-17-26(33-39-25)32-27(36)30-20-6-4-19(5-7-20)22-18-35-23-9-8-21(16-24(23)40-28(35)31-22)38-15-12-34-10-13-37-14-11-34/h4-9,16-18H,10-15H2,1-3H3,(H2,30,32,33,36)/i1D3,2D3,3D3,10D2,11D2,13D2,14D2. The maximum atomic E-state index is 12.7. The number of nitrogens with zero attached hydrogens (tertiary/aromatic N) is 4. The Bertz CT molecular complexity index is 2240. The summed E-state index contributed by atoms with van der Waals surface area (Å²) in [6.45, 7) is -23.8. The molecule has 0 atom stereocenters. The molecule has 1 aliphatic rings. The molecule has 3 aromatic heterocycles. The fourth-order valence-corrected chi connectivity index (χ4v) is 4.84. The third-order valence-electron chi connectivity index (χ3n) is 5.67. The molecule has 0 unspecified atom stereocenters. The van der Waals surface area contributed by atoms with Crippen molar-refractivity contribution in [2.24, 2.45) is 0 Å². The van der Waals surface area contributed by atoms with E-state index in [0.29, 0.717) is 32.6 Å². The van der Waals surface area contributed by atoms with Crippen LogP contribution in [0.3, 0.4) is 0 Å². The molecule has 208 valence electrons. The van der Waals surface area contributed by atoms with Crippen molar-refractivity contribution in [2.75, 3.05) is 49.9 Å². The Labute approximate surface area is 259 Å². The van der Waals surface area contributed by atoms with Crippen LogP contribution in [0, 0.1) is 0 Å². The molecule has 5 aromatic rings. The second-order valence-electron chi connectivity index (χ2n) is 8.52. The molecule has 0 bridgehead atoms. The highest BCUT2D eigenvalue weighted by Gasteiger charge is 2.20. The number of carbonyl (C=O) groups is 1. The van der Waals surface area contributed by atoms with Crippen LogP contribution in [0.1, 0.15) is 49.6 Å². The number of hydrogen-bond donors (Lipinski definition) is 2. The topological polar surface area (TPSA) is 106 Å². The highest BCUT2D eigenvalue weighted by molar-refractivity contribution is 7.23. The predicted octanol–water partition coefficient (Wildman–Crippen LogP) is 5.86. The second kappa shape index (κ2) is 10.9. The molecule has 40 heavy (non-hydrogen) atoms. The van der Waals surface area contributed by atoms with Crippen molar-refractivity contribution in [3.05, 3.63) is 60.5 Å². The number of carbonyl (C=O) groups excluding carboxylic acids is 1.